The van der Waals surface area contributed by atoms with Crippen molar-refractivity contribution in [1.29, 1.82) is 0 Å². The zero-order chi connectivity index (χ0) is 13.5. The highest BCUT2D eigenvalue weighted by Gasteiger charge is 2.32. The lowest BCUT2D eigenvalue weighted by Crippen LogP contribution is -2.22. The molecule has 0 bridgehead atoms. The minimum Gasteiger partial charge on any atom is -0.289 e. The highest BCUT2D eigenvalue weighted by atomic mass is 32.2. The molecule has 0 spiro atoms. The Morgan fingerprint density at radius 3 is 1.94 bits per heavy atom. The van der Waals surface area contributed by atoms with E-state index in [2.05, 4.69) is 0 Å². The van der Waals surface area contributed by atoms with Gasteiger partial charge in [-0.25, -0.2) is 0 Å². The average molecular weight is 260 g/mol. The number of hydrogen-bond donors (Lipinski definition) is 0. The number of benzene rings is 1. The predicted molar refractivity (Wildman–Crippen MR) is 75.1 cm³/mol. The SMILES string of the molecule is CC1=C(SC(C)(C)C)C(=O)c2ccccc2C1=O. The first-order chi connectivity index (χ1) is 8.31. The maximum absolute atomic E-state index is 12.4. The predicted octanol–water partition coefficient (Wildman–Crippen LogP) is 3.87. The Hall–Kier alpha value is -1.35. The van der Waals surface area contributed by atoms with Crippen molar-refractivity contribution in [3.63, 3.8) is 0 Å². The van der Waals surface area contributed by atoms with Gasteiger partial charge in [-0.15, -0.1) is 11.8 Å². The number of thioether (sulfide) groups is 1. The summed E-state index contributed by atoms with van der Waals surface area (Å²) in [6.45, 7) is 7.85. The van der Waals surface area contributed by atoms with Crippen LogP contribution in [0.15, 0.2) is 34.7 Å². The van der Waals surface area contributed by atoms with Crippen LogP contribution in [0.5, 0.6) is 0 Å². The van der Waals surface area contributed by atoms with Crippen LogP contribution in [0.2, 0.25) is 0 Å². The largest absolute Gasteiger partial charge is 0.289 e. The van der Waals surface area contributed by atoms with Gasteiger partial charge in [0.1, 0.15) is 0 Å². The summed E-state index contributed by atoms with van der Waals surface area (Å²) in [5.41, 5.74) is 1.62. The zero-order valence-corrected chi connectivity index (χ0v) is 11.9. The minimum atomic E-state index is -0.0845. The van der Waals surface area contributed by atoms with Crippen molar-refractivity contribution in [1.82, 2.24) is 0 Å². The third-order valence-electron chi connectivity index (χ3n) is 2.71. The number of allylic oxidation sites excluding steroid dienone is 2. The zero-order valence-electron chi connectivity index (χ0n) is 11.0. The summed E-state index contributed by atoms with van der Waals surface area (Å²) < 4.78 is -0.0845. The van der Waals surface area contributed by atoms with Crippen LogP contribution in [0, 0.1) is 0 Å². The summed E-state index contributed by atoms with van der Waals surface area (Å²) in [7, 11) is 0. The topological polar surface area (TPSA) is 34.1 Å². The van der Waals surface area contributed by atoms with Gasteiger partial charge in [-0.1, -0.05) is 45.0 Å². The molecular formula is C15H16O2S. The van der Waals surface area contributed by atoms with E-state index in [1.807, 2.05) is 20.8 Å². The maximum atomic E-state index is 12.4. The summed E-state index contributed by atoms with van der Waals surface area (Å²) >= 11 is 1.47. The van der Waals surface area contributed by atoms with E-state index < -0.39 is 0 Å². The Balaban J connectivity index is 2.53. The van der Waals surface area contributed by atoms with Crippen LogP contribution in [0.1, 0.15) is 48.4 Å². The average Bonchev–Trinajstić information content (AvgIpc) is 2.31. The van der Waals surface area contributed by atoms with Gasteiger partial charge >= 0.3 is 0 Å². The van der Waals surface area contributed by atoms with Gasteiger partial charge in [-0.3, -0.25) is 9.59 Å². The maximum Gasteiger partial charge on any atom is 0.200 e. The van der Waals surface area contributed by atoms with E-state index >= 15 is 0 Å². The van der Waals surface area contributed by atoms with Gasteiger partial charge in [0.15, 0.2) is 5.78 Å². The lowest BCUT2D eigenvalue weighted by molar-refractivity contribution is 0.0981. The van der Waals surface area contributed by atoms with Crippen LogP contribution in [-0.2, 0) is 0 Å². The van der Waals surface area contributed by atoms with Crippen molar-refractivity contribution < 1.29 is 9.59 Å². The van der Waals surface area contributed by atoms with Gasteiger partial charge in [0, 0.05) is 21.4 Å². The van der Waals surface area contributed by atoms with Crippen molar-refractivity contribution in [2.75, 3.05) is 0 Å². The number of hydrogen-bond acceptors (Lipinski definition) is 3. The molecular weight excluding hydrogens is 244 g/mol. The third-order valence-corrected chi connectivity index (χ3v) is 4.02. The molecule has 0 fully saturated rings. The number of fused-ring (bicyclic) bond motifs is 1. The molecule has 0 atom stereocenters. The molecule has 3 heteroatoms. The minimum absolute atomic E-state index is 0.0253. The fourth-order valence-electron chi connectivity index (χ4n) is 1.91. The second-order valence-corrected chi connectivity index (χ2v) is 7.21. The van der Waals surface area contributed by atoms with E-state index in [9.17, 15) is 9.59 Å². The molecule has 0 aliphatic heterocycles. The van der Waals surface area contributed by atoms with E-state index in [-0.39, 0.29) is 16.3 Å². The summed E-state index contributed by atoms with van der Waals surface area (Å²) in [5, 5.41) is 0. The van der Waals surface area contributed by atoms with Gasteiger partial charge < -0.3 is 0 Å². The van der Waals surface area contributed by atoms with Crippen LogP contribution in [0.4, 0.5) is 0 Å². The molecule has 1 aromatic rings. The number of rotatable bonds is 1. The lowest BCUT2D eigenvalue weighted by atomic mass is 9.90. The first-order valence-corrected chi connectivity index (χ1v) is 6.71. The van der Waals surface area contributed by atoms with Crippen molar-refractivity contribution in [2.45, 2.75) is 32.4 Å². The number of Topliss-reactive ketones (excluding diaryl/α,β-unsaturated/α-hetero) is 2. The van der Waals surface area contributed by atoms with E-state index in [4.69, 9.17) is 0 Å². The van der Waals surface area contributed by atoms with Crippen molar-refractivity contribution in [2.24, 2.45) is 0 Å². The molecule has 0 unspecified atom stereocenters. The number of carbonyl (C=O) groups is 2. The molecule has 94 valence electrons. The van der Waals surface area contributed by atoms with Gasteiger partial charge in [0.2, 0.25) is 5.78 Å². The molecule has 0 heterocycles. The van der Waals surface area contributed by atoms with Crippen molar-refractivity contribution in [3.05, 3.63) is 45.9 Å². The van der Waals surface area contributed by atoms with Crippen LogP contribution in [-0.4, -0.2) is 16.3 Å². The summed E-state index contributed by atoms with van der Waals surface area (Å²) in [4.78, 5) is 25.2. The van der Waals surface area contributed by atoms with Gasteiger partial charge in [0.05, 0.1) is 4.91 Å². The van der Waals surface area contributed by atoms with Gasteiger partial charge in [-0.05, 0) is 6.92 Å². The van der Waals surface area contributed by atoms with E-state index in [0.717, 1.165) is 0 Å². The summed E-state index contributed by atoms with van der Waals surface area (Å²) in [6.07, 6.45) is 0. The molecule has 1 aliphatic rings. The quantitative estimate of drug-likeness (QED) is 0.768. The highest BCUT2D eigenvalue weighted by molar-refractivity contribution is 8.05. The Labute approximate surface area is 111 Å². The Morgan fingerprint density at radius 1 is 0.944 bits per heavy atom. The Bertz CT molecular complexity index is 562. The summed E-state index contributed by atoms with van der Waals surface area (Å²) in [6, 6.07) is 7.03. The van der Waals surface area contributed by atoms with E-state index in [1.165, 1.54) is 11.8 Å². The second-order valence-electron chi connectivity index (χ2n) is 5.37. The molecule has 0 radical (unpaired) electrons. The molecule has 0 amide bonds. The molecule has 1 aromatic carbocycles. The molecule has 0 aromatic heterocycles. The first-order valence-electron chi connectivity index (χ1n) is 5.89. The molecule has 1 aliphatic carbocycles. The molecule has 18 heavy (non-hydrogen) atoms. The number of carbonyl (C=O) groups excluding carboxylic acids is 2. The molecule has 2 rings (SSSR count). The van der Waals surface area contributed by atoms with Gasteiger partial charge in [-0.2, -0.15) is 0 Å². The van der Waals surface area contributed by atoms with E-state index in [0.29, 0.717) is 21.6 Å². The fourth-order valence-corrected chi connectivity index (χ4v) is 2.97. The smallest absolute Gasteiger partial charge is 0.200 e. The van der Waals surface area contributed by atoms with E-state index in [1.54, 1.807) is 31.2 Å². The fraction of sp³-hybridized carbons (Fsp3) is 0.333. The Kier molecular flexibility index (Phi) is 3.20. The first kappa shape index (κ1) is 13.1. The van der Waals surface area contributed by atoms with Crippen LogP contribution >= 0.6 is 11.8 Å². The monoisotopic (exact) mass is 260 g/mol. The van der Waals surface area contributed by atoms with Crippen molar-refractivity contribution >= 4 is 23.3 Å². The lowest BCUT2D eigenvalue weighted by Gasteiger charge is -2.24. The summed E-state index contributed by atoms with van der Waals surface area (Å²) in [5.74, 6) is -0.0559. The standard InChI is InChI=1S/C15H16O2S/c1-9-12(16)10-7-5-6-8-11(10)13(17)14(9)18-15(2,3)4/h5-8H,1-4H3. The third kappa shape index (κ3) is 2.27. The highest BCUT2D eigenvalue weighted by Crippen LogP contribution is 2.38. The molecule has 0 saturated heterocycles. The van der Waals surface area contributed by atoms with Gasteiger partial charge in [0.25, 0.3) is 0 Å². The molecule has 0 saturated carbocycles. The van der Waals surface area contributed by atoms with Crippen molar-refractivity contribution in [3.8, 4) is 0 Å². The Morgan fingerprint density at radius 2 is 1.44 bits per heavy atom. The molecule has 0 N–H and O–H groups in total. The molecule has 2 nitrogen and oxygen atoms in total. The second kappa shape index (κ2) is 4.39. The number of ketones is 2. The van der Waals surface area contributed by atoms with Crippen LogP contribution in [0.25, 0.3) is 0 Å². The van der Waals surface area contributed by atoms with Crippen LogP contribution in [0.3, 0.4) is 0 Å². The van der Waals surface area contributed by atoms with Crippen LogP contribution < -0.4 is 0 Å². The normalized spacial score (nSPS) is 16.0.